The molecule has 0 aliphatic heterocycles. The second-order valence-electron chi connectivity index (χ2n) is 4.21. The van der Waals surface area contributed by atoms with Gasteiger partial charge in [0.15, 0.2) is 11.6 Å². The Kier molecular flexibility index (Phi) is 3.00. The van der Waals surface area contributed by atoms with E-state index in [-0.39, 0.29) is 23.4 Å². The van der Waals surface area contributed by atoms with Crippen LogP contribution in [0.15, 0.2) is 42.5 Å². The molecule has 0 aromatic heterocycles. The van der Waals surface area contributed by atoms with Crippen LogP contribution in [0, 0.1) is 5.92 Å². The fourth-order valence-corrected chi connectivity index (χ4v) is 2.10. The molecule has 2 rings (SSSR count). The molecule has 82 valence electrons. The number of hydrogen-bond acceptors (Lipinski definition) is 2. The van der Waals surface area contributed by atoms with Crippen molar-refractivity contribution in [2.45, 2.75) is 19.3 Å². The van der Waals surface area contributed by atoms with E-state index >= 15 is 0 Å². The number of benzene rings is 1. The third-order valence-corrected chi connectivity index (χ3v) is 3.15. The van der Waals surface area contributed by atoms with E-state index in [1.807, 2.05) is 37.3 Å². The Morgan fingerprint density at radius 2 is 1.81 bits per heavy atom. The van der Waals surface area contributed by atoms with Gasteiger partial charge in [0.2, 0.25) is 0 Å². The van der Waals surface area contributed by atoms with Gasteiger partial charge in [0.1, 0.15) is 0 Å². The normalized spacial score (nSPS) is 22.2. The summed E-state index contributed by atoms with van der Waals surface area (Å²) in [5.41, 5.74) is 1.11. The monoisotopic (exact) mass is 214 g/mol. The molecule has 16 heavy (non-hydrogen) atoms. The SMILES string of the molecule is CC(c1ccccc1)C1CC(=O)C=CC1=O. The average Bonchev–Trinajstić information content (AvgIpc) is 2.32. The molecule has 0 N–H and O–H groups in total. The first kappa shape index (κ1) is 10.8. The average molecular weight is 214 g/mol. The quantitative estimate of drug-likeness (QED) is 0.758. The first-order chi connectivity index (χ1) is 7.68. The molecule has 1 aliphatic carbocycles. The van der Waals surface area contributed by atoms with Crippen LogP contribution in [0.2, 0.25) is 0 Å². The molecule has 2 heteroatoms. The predicted octanol–water partition coefficient (Wildman–Crippen LogP) is 2.50. The van der Waals surface area contributed by atoms with E-state index in [0.717, 1.165) is 5.56 Å². The third-order valence-electron chi connectivity index (χ3n) is 3.15. The van der Waals surface area contributed by atoms with Gasteiger partial charge in [0.05, 0.1) is 0 Å². The molecule has 0 spiro atoms. The lowest BCUT2D eigenvalue weighted by Crippen LogP contribution is -2.25. The summed E-state index contributed by atoms with van der Waals surface area (Å²) in [5, 5.41) is 0. The Morgan fingerprint density at radius 3 is 2.50 bits per heavy atom. The van der Waals surface area contributed by atoms with Crippen molar-refractivity contribution in [2.24, 2.45) is 5.92 Å². The van der Waals surface area contributed by atoms with Gasteiger partial charge in [-0.15, -0.1) is 0 Å². The molecular formula is C14H14O2. The van der Waals surface area contributed by atoms with E-state index in [1.54, 1.807) is 0 Å². The molecule has 1 aliphatic rings. The standard InChI is InChI=1S/C14H14O2/c1-10(11-5-3-2-4-6-11)13-9-12(15)7-8-14(13)16/h2-8,10,13H,9H2,1H3. The molecule has 0 saturated heterocycles. The van der Waals surface area contributed by atoms with Crippen LogP contribution in [0.1, 0.15) is 24.8 Å². The second kappa shape index (κ2) is 4.44. The molecule has 1 aromatic rings. The molecule has 0 fully saturated rings. The molecule has 1 aromatic carbocycles. The van der Waals surface area contributed by atoms with Gasteiger partial charge in [-0.25, -0.2) is 0 Å². The topological polar surface area (TPSA) is 34.1 Å². The smallest absolute Gasteiger partial charge is 0.159 e. The van der Waals surface area contributed by atoms with Crippen molar-refractivity contribution < 1.29 is 9.59 Å². The summed E-state index contributed by atoms with van der Waals surface area (Å²) < 4.78 is 0. The van der Waals surface area contributed by atoms with E-state index < -0.39 is 0 Å². The van der Waals surface area contributed by atoms with Crippen LogP contribution in [-0.2, 0) is 9.59 Å². The molecule has 0 saturated carbocycles. The van der Waals surface area contributed by atoms with E-state index in [2.05, 4.69) is 0 Å². The van der Waals surface area contributed by atoms with Crippen molar-refractivity contribution in [3.63, 3.8) is 0 Å². The Hall–Kier alpha value is -1.70. The van der Waals surface area contributed by atoms with Crippen molar-refractivity contribution in [3.8, 4) is 0 Å². The summed E-state index contributed by atoms with van der Waals surface area (Å²) in [5.74, 6) is 0.0193. The second-order valence-corrected chi connectivity index (χ2v) is 4.21. The summed E-state index contributed by atoms with van der Waals surface area (Å²) in [6.45, 7) is 2.00. The van der Waals surface area contributed by atoms with Gasteiger partial charge < -0.3 is 0 Å². The first-order valence-electron chi connectivity index (χ1n) is 5.48. The lowest BCUT2D eigenvalue weighted by Gasteiger charge is -2.23. The molecule has 2 nitrogen and oxygen atoms in total. The molecule has 2 unspecified atom stereocenters. The number of carbonyl (C=O) groups is 2. The van der Waals surface area contributed by atoms with Crippen LogP contribution >= 0.6 is 0 Å². The van der Waals surface area contributed by atoms with E-state index in [4.69, 9.17) is 0 Å². The van der Waals surface area contributed by atoms with Crippen molar-refractivity contribution in [3.05, 3.63) is 48.0 Å². The van der Waals surface area contributed by atoms with Crippen LogP contribution in [0.3, 0.4) is 0 Å². The fourth-order valence-electron chi connectivity index (χ4n) is 2.10. The first-order valence-corrected chi connectivity index (χ1v) is 5.48. The maximum Gasteiger partial charge on any atom is 0.159 e. The molecule has 2 atom stereocenters. The number of hydrogen-bond donors (Lipinski definition) is 0. The fraction of sp³-hybridized carbons (Fsp3) is 0.286. The minimum Gasteiger partial charge on any atom is -0.295 e. The van der Waals surface area contributed by atoms with Crippen LogP contribution in [-0.4, -0.2) is 11.6 Å². The summed E-state index contributed by atoms with van der Waals surface area (Å²) in [7, 11) is 0. The van der Waals surface area contributed by atoms with Crippen LogP contribution in [0.4, 0.5) is 0 Å². The van der Waals surface area contributed by atoms with Crippen molar-refractivity contribution >= 4 is 11.6 Å². The van der Waals surface area contributed by atoms with Gasteiger partial charge in [-0.05, 0) is 23.6 Å². The Labute approximate surface area is 95.0 Å². The van der Waals surface area contributed by atoms with Gasteiger partial charge in [-0.1, -0.05) is 37.3 Å². The minimum absolute atomic E-state index is 0.0485. The zero-order valence-corrected chi connectivity index (χ0v) is 9.22. The summed E-state index contributed by atoms with van der Waals surface area (Å²) in [6.07, 6.45) is 3.14. The highest BCUT2D eigenvalue weighted by Crippen LogP contribution is 2.29. The maximum atomic E-state index is 11.7. The van der Waals surface area contributed by atoms with E-state index in [9.17, 15) is 9.59 Å². The molecule has 0 amide bonds. The highest BCUT2D eigenvalue weighted by Gasteiger charge is 2.28. The molecule has 0 radical (unpaired) electrons. The van der Waals surface area contributed by atoms with Crippen molar-refractivity contribution in [1.82, 2.24) is 0 Å². The largest absolute Gasteiger partial charge is 0.295 e. The lowest BCUT2D eigenvalue weighted by molar-refractivity contribution is -0.125. The van der Waals surface area contributed by atoms with Crippen LogP contribution < -0.4 is 0 Å². The molecule has 0 bridgehead atoms. The van der Waals surface area contributed by atoms with Crippen molar-refractivity contribution in [2.75, 3.05) is 0 Å². The van der Waals surface area contributed by atoms with E-state index in [0.29, 0.717) is 6.42 Å². The Bertz CT molecular complexity index is 431. The number of allylic oxidation sites excluding steroid dienone is 2. The Balaban J connectivity index is 2.22. The number of rotatable bonds is 2. The summed E-state index contributed by atoms with van der Waals surface area (Å²) in [6, 6.07) is 9.86. The third kappa shape index (κ3) is 2.11. The minimum atomic E-state index is -0.195. The summed E-state index contributed by atoms with van der Waals surface area (Å²) >= 11 is 0. The zero-order chi connectivity index (χ0) is 11.5. The van der Waals surface area contributed by atoms with E-state index in [1.165, 1.54) is 12.2 Å². The van der Waals surface area contributed by atoms with Gasteiger partial charge in [-0.2, -0.15) is 0 Å². The van der Waals surface area contributed by atoms with Gasteiger partial charge in [-0.3, -0.25) is 9.59 Å². The van der Waals surface area contributed by atoms with Gasteiger partial charge in [0, 0.05) is 12.3 Å². The number of carbonyl (C=O) groups excluding carboxylic acids is 2. The van der Waals surface area contributed by atoms with Gasteiger partial charge >= 0.3 is 0 Å². The highest BCUT2D eigenvalue weighted by atomic mass is 16.1. The van der Waals surface area contributed by atoms with Crippen LogP contribution in [0.25, 0.3) is 0 Å². The highest BCUT2D eigenvalue weighted by molar-refractivity contribution is 6.06. The lowest BCUT2D eigenvalue weighted by atomic mass is 9.79. The molecule has 0 heterocycles. The molecular weight excluding hydrogens is 200 g/mol. The predicted molar refractivity (Wildman–Crippen MR) is 62.1 cm³/mol. The maximum absolute atomic E-state index is 11.7. The Morgan fingerprint density at radius 1 is 1.12 bits per heavy atom. The van der Waals surface area contributed by atoms with Crippen molar-refractivity contribution in [1.29, 1.82) is 0 Å². The van der Waals surface area contributed by atoms with Gasteiger partial charge in [0.25, 0.3) is 0 Å². The van der Waals surface area contributed by atoms with Crippen LogP contribution in [0.5, 0.6) is 0 Å². The zero-order valence-electron chi connectivity index (χ0n) is 9.22. The number of ketones is 2. The summed E-state index contributed by atoms with van der Waals surface area (Å²) in [4.78, 5) is 23.0.